The highest BCUT2D eigenvalue weighted by Crippen LogP contribution is 2.31. The second-order valence-corrected chi connectivity index (χ2v) is 11.3. The van der Waals surface area contributed by atoms with E-state index in [1.807, 2.05) is 19.1 Å². The quantitative estimate of drug-likeness (QED) is 0.387. The zero-order valence-corrected chi connectivity index (χ0v) is 19.7. The number of esters is 1. The first kappa shape index (κ1) is 23.4. The van der Waals surface area contributed by atoms with Gasteiger partial charge in [0, 0.05) is 13.0 Å². The summed E-state index contributed by atoms with van der Waals surface area (Å²) in [5.74, 6) is -0.779. The third kappa shape index (κ3) is 4.65. The van der Waals surface area contributed by atoms with Crippen LogP contribution in [0.25, 0.3) is 10.8 Å². The van der Waals surface area contributed by atoms with Gasteiger partial charge in [0.15, 0.2) is 0 Å². The van der Waals surface area contributed by atoms with Gasteiger partial charge in [-0.05, 0) is 42.0 Å². The van der Waals surface area contributed by atoms with Gasteiger partial charge in [-0.2, -0.15) is 12.7 Å². The summed E-state index contributed by atoms with van der Waals surface area (Å²) in [6.45, 7) is 1.52. The van der Waals surface area contributed by atoms with Crippen molar-refractivity contribution in [2.45, 2.75) is 35.3 Å². The minimum absolute atomic E-state index is 0.00264. The molecule has 33 heavy (non-hydrogen) atoms. The van der Waals surface area contributed by atoms with E-state index in [1.54, 1.807) is 30.3 Å². The number of benzene rings is 3. The van der Waals surface area contributed by atoms with Crippen LogP contribution >= 0.6 is 0 Å². The van der Waals surface area contributed by atoms with Gasteiger partial charge in [0.25, 0.3) is 10.1 Å². The molecule has 0 aromatic heterocycles. The van der Waals surface area contributed by atoms with E-state index in [-0.39, 0.29) is 22.8 Å². The highest BCUT2D eigenvalue weighted by atomic mass is 32.2. The van der Waals surface area contributed by atoms with Gasteiger partial charge in [0.2, 0.25) is 10.0 Å². The number of sulfonamides is 1. The molecule has 1 unspecified atom stereocenters. The topological polar surface area (TPSA) is 107 Å². The molecule has 0 aliphatic carbocycles. The Kier molecular flexibility index (Phi) is 6.28. The van der Waals surface area contributed by atoms with Gasteiger partial charge >= 0.3 is 5.97 Å². The number of hydrogen-bond donors (Lipinski definition) is 0. The van der Waals surface area contributed by atoms with Crippen LogP contribution in [0.5, 0.6) is 0 Å². The van der Waals surface area contributed by atoms with E-state index in [4.69, 9.17) is 8.92 Å². The van der Waals surface area contributed by atoms with Crippen LogP contribution < -0.4 is 0 Å². The van der Waals surface area contributed by atoms with Crippen LogP contribution in [-0.4, -0.2) is 52.9 Å². The fraction of sp³-hybridized carbons (Fsp3) is 0.261. The van der Waals surface area contributed by atoms with Crippen molar-refractivity contribution in [3.63, 3.8) is 0 Å². The molecule has 174 valence electrons. The fourth-order valence-corrected chi connectivity index (χ4v) is 6.59. The molecule has 0 spiro atoms. The summed E-state index contributed by atoms with van der Waals surface area (Å²) in [6.07, 6.45) is -1.19. The lowest BCUT2D eigenvalue weighted by Crippen LogP contribution is -2.41. The number of ether oxygens (including phenoxy) is 1. The average Bonchev–Trinajstić information content (AvgIpc) is 3.22. The number of carbonyl (C=O) groups is 1. The Morgan fingerprint density at radius 2 is 1.55 bits per heavy atom. The summed E-state index contributed by atoms with van der Waals surface area (Å²) < 4.78 is 63.4. The molecule has 8 nitrogen and oxygen atoms in total. The van der Waals surface area contributed by atoms with Crippen LogP contribution in [0.3, 0.4) is 0 Å². The number of carbonyl (C=O) groups excluding carboxylic acids is 1. The number of methoxy groups -OCH3 is 1. The van der Waals surface area contributed by atoms with Gasteiger partial charge in [-0.3, -0.25) is 8.98 Å². The minimum atomic E-state index is -4.15. The van der Waals surface area contributed by atoms with Gasteiger partial charge in [-0.15, -0.1) is 0 Å². The molecular formula is C23H23NO7S2. The normalized spacial score (nSPS) is 19.6. The number of hydrogen-bond acceptors (Lipinski definition) is 7. The van der Waals surface area contributed by atoms with E-state index < -0.39 is 38.3 Å². The Morgan fingerprint density at radius 1 is 0.909 bits per heavy atom. The molecular weight excluding hydrogens is 466 g/mol. The maximum atomic E-state index is 13.4. The molecule has 1 heterocycles. The Bertz CT molecular complexity index is 1400. The third-order valence-electron chi connectivity index (χ3n) is 5.59. The molecule has 2 atom stereocenters. The van der Waals surface area contributed by atoms with Gasteiger partial charge < -0.3 is 4.74 Å². The first-order valence-electron chi connectivity index (χ1n) is 10.2. The van der Waals surface area contributed by atoms with Crippen LogP contribution in [0.15, 0.2) is 76.5 Å². The SMILES string of the molecule is COC(=O)C1C[C@@H](OS(=O)(=O)c2ccc(C)cc2)CN1S(=O)(=O)c1ccc2ccccc2c1. The monoisotopic (exact) mass is 489 g/mol. The summed E-state index contributed by atoms with van der Waals surface area (Å²) in [5, 5.41) is 1.59. The summed E-state index contributed by atoms with van der Waals surface area (Å²) in [5.41, 5.74) is 0.883. The zero-order chi connectivity index (χ0) is 23.8. The Morgan fingerprint density at radius 3 is 2.21 bits per heavy atom. The molecule has 0 saturated carbocycles. The second kappa shape index (κ2) is 8.86. The maximum absolute atomic E-state index is 13.4. The number of fused-ring (bicyclic) bond motifs is 1. The molecule has 3 aromatic rings. The summed E-state index contributed by atoms with van der Waals surface area (Å²) in [7, 11) is -7.13. The summed E-state index contributed by atoms with van der Waals surface area (Å²) in [6, 6.07) is 16.9. The van der Waals surface area contributed by atoms with Crippen molar-refractivity contribution in [1.29, 1.82) is 0 Å². The van der Waals surface area contributed by atoms with Gasteiger partial charge in [-0.25, -0.2) is 8.42 Å². The van der Waals surface area contributed by atoms with E-state index in [1.165, 1.54) is 24.3 Å². The third-order valence-corrected chi connectivity index (χ3v) is 8.84. The van der Waals surface area contributed by atoms with Crippen LogP contribution in [0.1, 0.15) is 12.0 Å². The molecule has 1 aliphatic heterocycles. The van der Waals surface area contributed by atoms with Crippen molar-refractivity contribution < 1.29 is 30.6 Å². The van der Waals surface area contributed by atoms with Crippen LogP contribution in [0, 0.1) is 6.92 Å². The lowest BCUT2D eigenvalue weighted by Gasteiger charge is -2.22. The Labute approximate surface area is 192 Å². The Hall–Kier alpha value is -2.79. The molecule has 3 aromatic carbocycles. The molecule has 1 saturated heterocycles. The first-order valence-corrected chi connectivity index (χ1v) is 13.0. The molecule has 1 fully saturated rings. The molecule has 0 bridgehead atoms. The molecule has 0 N–H and O–H groups in total. The summed E-state index contributed by atoms with van der Waals surface area (Å²) >= 11 is 0. The average molecular weight is 490 g/mol. The zero-order valence-electron chi connectivity index (χ0n) is 18.0. The fourth-order valence-electron chi connectivity index (χ4n) is 3.86. The van der Waals surface area contributed by atoms with E-state index in [9.17, 15) is 21.6 Å². The van der Waals surface area contributed by atoms with Gasteiger partial charge in [0.1, 0.15) is 6.04 Å². The van der Waals surface area contributed by atoms with E-state index in [2.05, 4.69) is 0 Å². The molecule has 0 amide bonds. The minimum Gasteiger partial charge on any atom is -0.468 e. The van der Waals surface area contributed by atoms with Crippen molar-refractivity contribution in [1.82, 2.24) is 4.31 Å². The smallest absolute Gasteiger partial charge is 0.324 e. The van der Waals surface area contributed by atoms with E-state index >= 15 is 0 Å². The second-order valence-electron chi connectivity index (χ2n) is 7.84. The van der Waals surface area contributed by atoms with Crippen LogP contribution in [0.2, 0.25) is 0 Å². The van der Waals surface area contributed by atoms with Crippen LogP contribution in [-0.2, 0) is 33.9 Å². The number of nitrogens with zero attached hydrogens (tertiary/aromatic N) is 1. The maximum Gasteiger partial charge on any atom is 0.324 e. The van der Waals surface area contributed by atoms with E-state index in [0.29, 0.717) is 0 Å². The summed E-state index contributed by atoms with van der Waals surface area (Å²) in [4.78, 5) is 12.4. The predicted molar refractivity (Wildman–Crippen MR) is 121 cm³/mol. The number of aryl methyl sites for hydroxylation is 1. The molecule has 4 rings (SSSR count). The van der Waals surface area contributed by atoms with Crippen molar-refractivity contribution in [2.75, 3.05) is 13.7 Å². The highest BCUT2D eigenvalue weighted by molar-refractivity contribution is 7.89. The standard InChI is InChI=1S/C23H23NO7S2/c1-16-7-10-20(11-8-16)33(28,29)31-19-14-22(23(25)30-2)24(15-19)32(26,27)21-12-9-17-5-3-4-6-18(17)13-21/h3-13,19,22H,14-15H2,1-2H3/t19-,22?/m1/s1. The highest BCUT2D eigenvalue weighted by Gasteiger charge is 2.46. The van der Waals surface area contributed by atoms with Crippen molar-refractivity contribution in [3.8, 4) is 0 Å². The first-order chi connectivity index (χ1) is 15.6. The largest absolute Gasteiger partial charge is 0.468 e. The number of rotatable bonds is 6. The van der Waals surface area contributed by atoms with Gasteiger partial charge in [-0.1, -0.05) is 48.0 Å². The predicted octanol–water partition coefficient (Wildman–Crippen LogP) is 2.86. The van der Waals surface area contributed by atoms with Crippen molar-refractivity contribution in [3.05, 3.63) is 72.3 Å². The molecule has 1 aliphatic rings. The van der Waals surface area contributed by atoms with Crippen molar-refractivity contribution >= 4 is 36.9 Å². The molecule has 10 heteroatoms. The lowest BCUT2D eigenvalue weighted by molar-refractivity contribution is -0.144. The lowest BCUT2D eigenvalue weighted by atomic mass is 10.1. The Balaban J connectivity index is 1.64. The molecule has 0 radical (unpaired) electrons. The van der Waals surface area contributed by atoms with Gasteiger partial charge in [0.05, 0.1) is 23.0 Å². The van der Waals surface area contributed by atoms with E-state index in [0.717, 1.165) is 27.8 Å². The van der Waals surface area contributed by atoms with Crippen LogP contribution in [0.4, 0.5) is 0 Å². The van der Waals surface area contributed by atoms with Crippen molar-refractivity contribution in [2.24, 2.45) is 0 Å².